The molecule has 4 rings (SSSR count). The third-order valence-corrected chi connectivity index (χ3v) is 6.23. The molecule has 8 heteroatoms. The number of carbonyl (C=O) groups excluding carboxylic acids is 2. The number of amides is 2. The van der Waals surface area contributed by atoms with E-state index in [9.17, 15) is 14.4 Å². The monoisotopic (exact) mass is 413 g/mol. The van der Waals surface area contributed by atoms with Gasteiger partial charge in [-0.05, 0) is 62.4 Å². The zero-order chi connectivity index (χ0) is 21.1. The van der Waals surface area contributed by atoms with E-state index >= 15 is 0 Å². The van der Waals surface area contributed by atoms with Crippen molar-refractivity contribution in [2.45, 2.75) is 51.0 Å². The number of hydrogen-bond donors (Lipinski definition) is 2. The van der Waals surface area contributed by atoms with Crippen molar-refractivity contribution in [3.63, 3.8) is 0 Å². The number of aromatic nitrogens is 1. The molecule has 2 fully saturated rings. The first-order valence-corrected chi connectivity index (χ1v) is 10.8. The number of nitrogens with one attached hydrogen (secondary N) is 1. The number of carbonyl (C=O) groups is 2. The van der Waals surface area contributed by atoms with E-state index in [1.165, 1.54) is 32.4 Å². The van der Waals surface area contributed by atoms with Crippen molar-refractivity contribution >= 4 is 22.9 Å². The van der Waals surface area contributed by atoms with E-state index in [-0.39, 0.29) is 12.3 Å². The fraction of sp³-hybridized carbons (Fsp3) is 0.545. The van der Waals surface area contributed by atoms with Crippen LogP contribution in [0.1, 0.15) is 43.2 Å². The number of benzene rings is 1. The van der Waals surface area contributed by atoms with Gasteiger partial charge in [0, 0.05) is 19.1 Å². The molecule has 8 nitrogen and oxygen atoms in total. The largest absolute Gasteiger partial charge is 0.417 e. The summed E-state index contributed by atoms with van der Waals surface area (Å²) in [6, 6.07) is 4.12. The van der Waals surface area contributed by atoms with Crippen molar-refractivity contribution in [2.75, 3.05) is 26.2 Å². The summed E-state index contributed by atoms with van der Waals surface area (Å²) < 4.78 is 5.15. The number of nitrogens with zero attached hydrogens (tertiary/aromatic N) is 2. The highest BCUT2D eigenvalue weighted by atomic mass is 16.4. The van der Waals surface area contributed by atoms with E-state index < -0.39 is 11.7 Å². The lowest BCUT2D eigenvalue weighted by Gasteiger charge is -2.40. The molecule has 1 aromatic heterocycles. The van der Waals surface area contributed by atoms with Crippen LogP contribution in [-0.4, -0.2) is 58.8 Å². The number of hydrogen-bond acceptors (Lipinski definition) is 5. The minimum absolute atomic E-state index is 0.00221. The minimum atomic E-state index is -0.579. The summed E-state index contributed by atoms with van der Waals surface area (Å²) in [5.74, 6) is -1.05. The Morgan fingerprint density at radius 2 is 1.87 bits per heavy atom. The first-order valence-electron chi connectivity index (χ1n) is 10.8. The van der Waals surface area contributed by atoms with Crippen LogP contribution in [0.5, 0.6) is 0 Å². The summed E-state index contributed by atoms with van der Waals surface area (Å²) >= 11 is 0. The molecule has 1 aromatic carbocycles. The minimum Gasteiger partial charge on any atom is -0.408 e. The van der Waals surface area contributed by atoms with Gasteiger partial charge in [-0.15, -0.1) is 0 Å². The van der Waals surface area contributed by atoms with Gasteiger partial charge in [-0.3, -0.25) is 14.6 Å². The van der Waals surface area contributed by atoms with Gasteiger partial charge in [-0.1, -0.05) is 12.5 Å². The molecule has 0 spiro atoms. The quantitative estimate of drug-likeness (QED) is 0.743. The van der Waals surface area contributed by atoms with Crippen LogP contribution >= 0.6 is 0 Å². The first kappa shape index (κ1) is 20.7. The summed E-state index contributed by atoms with van der Waals surface area (Å²) in [6.07, 6.45) is 8.04. The number of likely N-dealkylation sites (tertiary alicyclic amines) is 2. The molecule has 2 aliphatic rings. The number of H-pyrrole nitrogens is 1. The van der Waals surface area contributed by atoms with Crippen LogP contribution in [0, 0.1) is 6.42 Å². The number of nitrogens with two attached hydrogens (primary N) is 1. The van der Waals surface area contributed by atoms with E-state index in [4.69, 9.17) is 10.2 Å². The van der Waals surface area contributed by atoms with E-state index in [0.29, 0.717) is 29.1 Å². The smallest absolute Gasteiger partial charge is 0.408 e. The second-order valence-electron chi connectivity index (χ2n) is 8.35. The van der Waals surface area contributed by atoms with Crippen LogP contribution in [0.25, 0.3) is 11.1 Å². The molecule has 2 aromatic rings. The number of oxazole rings is 1. The Morgan fingerprint density at radius 1 is 1.13 bits per heavy atom. The van der Waals surface area contributed by atoms with Crippen LogP contribution < -0.4 is 11.5 Å². The van der Waals surface area contributed by atoms with Crippen molar-refractivity contribution in [3.8, 4) is 0 Å². The van der Waals surface area contributed by atoms with Crippen LogP contribution in [0.2, 0.25) is 0 Å². The van der Waals surface area contributed by atoms with Crippen LogP contribution in [-0.2, 0) is 22.4 Å². The number of rotatable bonds is 6. The topological polar surface area (TPSA) is 113 Å². The average molecular weight is 413 g/mol. The lowest BCUT2D eigenvalue weighted by molar-refractivity contribution is -0.129. The van der Waals surface area contributed by atoms with E-state index in [0.717, 1.165) is 31.5 Å². The van der Waals surface area contributed by atoms with E-state index in [1.54, 1.807) is 18.6 Å². The Bertz CT molecular complexity index is 965. The number of fused-ring (bicyclic) bond motifs is 1. The van der Waals surface area contributed by atoms with Gasteiger partial charge in [0.15, 0.2) is 5.58 Å². The van der Waals surface area contributed by atoms with Crippen LogP contribution in [0.3, 0.4) is 0 Å². The Kier molecular flexibility index (Phi) is 6.22. The fourth-order valence-corrected chi connectivity index (χ4v) is 4.70. The number of piperidine rings is 2. The Morgan fingerprint density at radius 3 is 2.57 bits per heavy atom. The highest BCUT2D eigenvalue weighted by molar-refractivity contribution is 5.87. The second-order valence-corrected chi connectivity index (χ2v) is 8.35. The molecule has 2 amide bonds. The molecule has 3 heterocycles. The molecule has 161 valence electrons. The molecule has 30 heavy (non-hydrogen) atoms. The summed E-state index contributed by atoms with van der Waals surface area (Å²) in [5, 5.41) is 0. The molecule has 0 unspecified atom stereocenters. The van der Waals surface area contributed by atoms with Gasteiger partial charge >= 0.3 is 5.76 Å². The molecule has 0 saturated carbocycles. The first-order chi connectivity index (χ1) is 14.5. The molecule has 0 aliphatic carbocycles. The Hall–Kier alpha value is -2.61. The zero-order valence-electron chi connectivity index (χ0n) is 17.2. The molecular formula is C22H29N4O4. The predicted molar refractivity (Wildman–Crippen MR) is 113 cm³/mol. The number of aromatic amines is 1. The van der Waals surface area contributed by atoms with Gasteiger partial charge in [0.1, 0.15) is 0 Å². The van der Waals surface area contributed by atoms with Gasteiger partial charge in [0.2, 0.25) is 11.8 Å². The van der Waals surface area contributed by atoms with Gasteiger partial charge < -0.3 is 20.0 Å². The van der Waals surface area contributed by atoms with Crippen LogP contribution in [0.15, 0.2) is 21.3 Å². The molecule has 0 bridgehead atoms. The SMILES string of the molecule is NC(=O)Cc1cc(C[CH]C(=O)N2CCC(N3CCCCC3)CC2)cc2oc(=O)[nH]c12. The fourth-order valence-electron chi connectivity index (χ4n) is 4.70. The Balaban J connectivity index is 1.35. The normalized spacial score (nSPS) is 18.7. The van der Waals surface area contributed by atoms with Crippen LogP contribution in [0.4, 0.5) is 0 Å². The maximum Gasteiger partial charge on any atom is 0.417 e. The molecule has 2 aliphatic heterocycles. The molecule has 1 radical (unpaired) electrons. The van der Waals surface area contributed by atoms with Crippen molar-refractivity contribution < 1.29 is 14.0 Å². The summed E-state index contributed by atoms with van der Waals surface area (Å²) in [7, 11) is 0. The van der Waals surface area contributed by atoms with Crippen molar-refractivity contribution in [1.82, 2.24) is 14.8 Å². The van der Waals surface area contributed by atoms with Crippen molar-refractivity contribution in [1.29, 1.82) is 0 Å². The molecular weight excluding hydrogens is 384 g/mol. The standard InChI is InChI=1S/C22H29N4O4/c23-19(27)14-16-12-15(13-18-21(16)24-22(29)30-18)4-5-20(28)26-10-6-17(7-11-26)25-8-2-1-3-9-25/h5,12-13,17H,1-4,6-11,14H2,(H2,23,27)(H,24,29). The van der Waals surface area contributed by atoms with Crippen molar-refractivity contribution in [3.05, 3.63) is 40.2 Å². The van der Waals surface area contributed by atoms with Gasteiger partial charge in [0.25, 0.3) is 0 Å². The van der Waals surface area contributed by atoms with Crippen molar-refractivity contribution in [2.24, 2.45) is 5.73 Å². The Labute approximate surface area is 175 Å². The summed E-state index contributed by atoms with van der Waals surface area (Å²) in [4.78, 5) is 42.7. The van der Waals surface area contributed by atoms with Gasteiger partial charge in [-0.25, -0.2) is 4.79 Å². The maximum absolute atomic E-state index is 12.7. The van der Waals surface area contributed by atoms with E-state index in [2.05, 4.69) is 9.88 Å². The second kappa shape index (κ2) is 9.04. The highest BCUT2D eigenvalue weighted by Gasteiger charge is 2.27. The summed E-state index contributed by atoms with van der Waals surface area (Å²) in [5.41, 5.74) is 7.58. The third kappa shape index (κ3) is 4.75. The lowest BCUT2D eigenvalue weighted by Crippen LogP contribution is -2.48. The number of primary amides is 1. The highest BCUT2D eigenvalue weighted by Crippen LogP contribution is 2.23. The molecule has 0 atom stereocenters. The summed E-state index contributed by atoms with van der Waals surface area (Å²) in [6.45, 7) is 3.95. The molecule has 3 N–H and O–H groups in total. The third-order valence-electron chi connectivity index (χ3n) is 6.23. The maximum atomic E-state index is 12.7. The average Bonchev–Trinajstić information content (AvgIpc) is 3.13. The van der Waals surface area contributed by atoms with E-state index in [1.807, 2.05) is 4.90 Å². The van der Waals surface area contributed by atoms with Gasteiger partial charge in [0.05, 0.1) is 18.4 Å². The lowest BCUT2D eigenvalue weighted by atomic mass is 9.99. The molecule has 2 saturated heterocycles. The zero-order valence-corrected chi connectivity index (χ0v) is 17.2. The van der Waals surface area contributed by atoms with Gasteiger partial charge in [-0.2, -0.15) is 0 Å². The predicted octanol–water partition coefficient (Wildman–Crippen LogP) is 1.37.